The van der Waals surface area contributed by atoms with Gasteiger partial charge in [0, 0.05) is 18.8 Å². The lowest BCUT2D eigenvalue weighted by Crippen LogP contribution is -2.37. The topological polar surface area (TPSA) is 29.9 Å². The van der Waals surface area contributed by atoms with Crippen LogP contribution in [0.5, 0.6) is 0 Å². The second kappa shape index (κ2) is 6.93. The molecule has 0 aliphatic heterocycles. The van der Waals surface area contributed by atoms with E-state index < -0.39 is 0 Å². The quantitative estimate of drug-likeness (QED) is 0.807. The Balaban J connectivity index is 2.81. The van der Waals surface area contributed by atoms with Gasteiger partial charge in [-0.15, -0.1) is 0 Å². The molecule has 3 nitrogen and oxygen atoms in total. The van der Waals surface area contributed by atoms with Crippen LogP contribution >= 0.6 is 0 Å². The lowest BCUT2D eigenvalue weighted by molar-refractivity contribution is 0.364. The summed E-state index contributed by atoms with van der Waals surface area (Å²) in [6.45, 7) is 12.2. The molecule has 0 amide bonds. The number of hydrogen-bond donors (Lipinski definition) is 1. The van der Waals surface area contributed by atoms with Crippen molar-refractivity contribution in [3.05, 3.63) is 17.0 Å². The predicted octanol–water partition coefficient (Wildman–Crippen LogP) is 2.99. The van der Waals surface area contributed by atoms with Crippen LogP contribution in [0.25, 0.3) is 0 Å². The summed E-state index contributed by atoms with van der Waals surface area (Å²) in [6, 6.07) is 0.566. The molecule has 2 atom stereocenters. The molecule has 1 aromatic heterocycles. The molecule has 2 unspecified atom stereocenters. The van der Waals surface area contributed by atoms with Crippen LogP contribution in [0.4, 0.5) is 0 Å². The summed E-state index contributed by atoms with van der Waals surface area (Å²) in [5.41, 5.74) is 3.91. The Morgan fingerprint density at radius 2 is 1.94 bits per heavy atom. The predicted molar refractivity (Wildman–Crippen MR) is 77.9 cm³/mol. The third-order valence-electron chi connectivity index (χ3n) is 4.07. The fourth-order valence-electron chi connectivity index (χ4n) is 2.42. The number of rotatable bonds is 7. The molecular formula is C15H29N3. The minimum Gasteiger partial charge on any atom is -0.313 e. The van der Waals surface area contributed by atoms with Crippen molar-refractivity contribution in [2.45, 2.75) is 59.9 Å². The van der Waals surface area contributed by atoms with Gasteiger partial charge in [0.1, 0.15) is 0 Å². The fraction of sp³-hybridized carbons (Fsp3) is 0.800. The number of nitrogens with zero attached hydrogens (tertiary/aromatic N) is 2. The molecule has 0 radical (unpaired) electrons. The highest BCUT2D eigenvalue weighted by Crippen LogP contribution is 2.19. The Labute approximate surface area is 112 Å². The minimum absolute atomic E-state index is 0.566. The third kappa shape index (κ3) is 3.58. The van der Waals surface area contributed by atoms with E-state index in [1.54, 1.807) is 0 Å². The molecule has 1 rings (SSSR count). The average Bonchev–Trinajstić information content (AvgIpc) is 2.59. The van der Waals surface area contributed by atoms with Gasteiger partial charge in [-0.25, -0.2) is 0 Å². The highest BCUT2D eigenvalue weighted by Gasteiger charge is 2.19. The molecule has 0 aliphatic carbocycles. The molecule has 18 heavy (non-hydrogen) atoms. The summed E-state index contributed by atoms with van der Waals surface area (Å²) in [5.74, 6) is 0.704. The third-order valence-corrected chi connectivity index (χ3v) is 4.07. The molecule has 0 saturated heterocycles. The van der Waals surface area contributed by atoms with Crippen LogP contribution in [-0.4, -0.2) is 22.4 Å². The first kappa shape index (κ1) is 15.2. The van der Waals surface area contributed by atoms with Crippen molar-refractivity contribution >= 4 is 0 Å². The van der Waals surface area contributed by atoms with Gasteiger partial charge in [-0.05, 0) is 44.7 Å². The van der Waals surface area contributed by atoms with Gasteiger partial charge in [0.2, 0.25) is 0 Å². The molecule has 0 fully saturated rings. The summed E-state index contributed by atoms with van der Waals surface area (Å²) < 4.78 is 2.00. The van der Waals surface area contributed by atoms with Crippen LogP contribution in [0.15, 0.2) is 0 Å². The monoisotopic (exact) mass is 251 g/mol. The lowest BCUT2D eigenvalue weighted by atomic mass is 9.92. The van der Waals surface area contributed by atoms with Crippen LogP contribution in [0.3, 0.4) is 0 Å². The highest BCUT2D eigenvalue weighted by atomic mass is 15.3. The Kier molecular flexibility index (Phi) is 5.86. The van der Waals surface area contributed by atoms with Crippen LogP contribution < -0.4 is 5.32 Å². The maximum atomic E-state index is 4.52. The molecular weight excluding hydrogens is 222 g/mol. The van der Waals surface area contributed by atoms with Gasteiger partial charge < -0.3 is 5.32 Å². The van der Waals surface area contributed by atoms with E-state index in [2.05, 4.69) is 45.0 Å². The van der Waals surface area contributed by atoms with E-state index in [4.69, 9.17) is 0 Å². The van der Waals surface area contributed by atoms with Gasteiger partial charge in [-0.1, -0.05) is 27.2 Å². The summed E-state index contributed by atoms with van der Waals surface area (Å²) in [7, 11) is 2.03. The highest BCUT2D eigenvalue weighted by molar-refractivity contribution is 5.25. The number of hydrogen-bond acceptors (Lipinski definition) is 2. The fourth-order valence-corrected chi connectivity index (χ4v) is 2.42. The van der Waals surface area contributed by atoms with Crippen molar-refractivity contribution in [2.24, 2.45) is 13.0 Å². The van der Waals surface area contributed by atoms with Gasteiger partial charge in [0.05, 0.1) is 5.69 Å². The molecule has 1 aromatic rings. The standard InChI is InChI=1S/C15H29N3/c1-7-9-16-15(11(3)8-2)10-14-12(4)17-18(6)13(14)5/h11,15-16H,7-10H2,1-6H3. The van der Waals surface area contributed by atoms with E-state index >= 15 is 0 Å². The van der Waals surface area contributed by atoms with E-state index in [1.807, 2.05) is 11.7 Å². The molecule has 104 valence electrons. The summed E-state index contributed by atoms with van der Waals surface area (Å²) in [5, 5.41) is 8.21. The number of aryl methyl sites for hydroxylation is 2. The van der Waals surface area contributed by atoms with E-state index in [9.17, 15) is 0 Å². The summed E-state index contributed by atoms with van der Waals surface area (Å²) in [4.78, 5) is 0. The zero-order valence-electron chi connectivity index (χ0n) is 12.9. The van der Waals surface area contributed by atoms with E-state index in [-0.39, 0.29) is 0 Å². The Morgan fingerprint density at radius 1 is 1.28 bits per heavy atom. The first-order chi connectivity index (χ1) is 8.51. The van der Waals surface area contributed by atoms with E-state index in [0.29, 0.717) is 12.0 Å². The maximum Gasteiger partial charge on any atom is 0.0628 e. The smallest absolute Gasteiger partial charge is 0.0628 e. The SMILES string of the molecule is CCCNC(Cc1c(C)nn(C)c1C)C(C)CC. The second-order valence-electron chi connectivity index (χ2n) is 5.42. The average molecular weight is 251 g/mol. The molecule has 1 heterocycles. The molecule has 1 N–H and O–H groups in total. The van der Waals surface area contributed by atoms with Crippen molar-refractivity contribution < 1.29 is 0 Å². The van der Waals surface area contributed by atoms with Crippen molar-refractivity contribution in [3.8, 4) is 0 Å². The van der Waals surface area contributed by atoms with Crippen LogP contribution in [0.1, 0.15) is 50.6 Å². The van der Waals surface area contributed by atoms with Crippen molar-refractivity contribution in [1.29, 1.82) is 0 Å². The van der Waals surface area contributed by atoms with Gasteiger partial charge in [0.15, 0.2) is 0 Å². The molecule has 0 aliphatic rings. The van der Waals surface area contributed by atoms with E-state index in [0.717, 1.165) is 13.0 Å². The van der Waals surface area contributed by atoms with Crippen molar-refractivity contribution in [3.63, 3.8) is 0 Å². The summed E-state index contributed by atoms with van der Waals surface area (Å²) in [6.07, 6.45) is 3.51. The Morgan fingerprint density at radius 3 is 2.39 bits per heavy atom. The van der Waals surface area contributed by atoms with Gasteiger partial charge in [0.25, 0.3) is 0 Å². The van der Waals surface area contributed by atoms with Gasteiger partial charge in [-0.2, -0.15) is 5.10 Å². The maximum absolute atomic E-state index is 4.52. The Hall–Kier alpha value is -0.830. The van der Waals surface area contributed by atoms with Gasteiger partial charge in [-0.3, -0.25) is 4.68 Å². The second-order valence-corrected chi connectivity index (χ2v) is 5.42. The van der Waals surface area contributed by atoms with Crippen molar-refractivity contribution in [2.75, 3.05) is 6.54 Å². The largest absolute Gasteiger partial charge is 0.313 e. The van der Waals surface area contributed by atoms with E-state index in [1.165, 1.54) is 29.8 Å². The van der Waals surface area contributed by atoms with Crippen LogP contribution in [0.2, 0.25) is 0 Å². The van der Waals surface area contributed by atoms with Gasteiger partial charge >= 0.3 is 0 Å². The lowest BCUT2D eigenvalue weighted by Gasteiger charge is -2.24. The first-order valence-corrected chi connectivity index (χ1v) is 7.23. The Bertz CT molecular complexity index is 368. The molecule has 0 saturated carbocycles. The molecule has 0 aromatic carbocycles. The minimum atomic E-state index is 0.566. The van der Waals surface area contributed by atoms with Crippen LogP contribution in [0, 0.1) is 19.8 Å². The first-order valence-electron chi connectivity index (χ1n) is 7.23. The van der Waals surface area contributed by atoms with Crippen LogP contribution in [-0.2, 0) is 13.5 Å². The number of aromatic nitrogens is 2. The zero-order chi connectivity index (χ0) is 13.7. The molecule has 0 bridgehead atoms. The normalized spacial score (nSPS) is 14.8. The van der Waals surface area contributed by atoms with Crippen molar-refractivity contribution in [1.82, 2.24) is 15.1 Å². The number of nitrogens with one attached hydrogen (secondary N) is 1. The molecule has 3 heteroatoms. The summed E-state index contributed by atoms with van der Waals surface area (Å²) >= 11 is 0. The molecule has 0 spiro atoms. The zero-order valence-corrected chi connectivity index (χ0v) is 12.9.